The minimum absolute atomic E-state index is 0.309. The molecule has 1 saturated carbocycles. The number of halogens is 1. The Balaban J connectivity index is 1.97. The van der Waals surface area contributed by atoms with Crippen molar-refractivity contribution in [3.8, 4) is 0 Å². The number of aromatic nitrogens is 2. The van der Waals surface area contributed by atoms with Crippen LogP contribution in [0.5, 0.6) is 0 Å². The lowest BCUT2D eigenvalue weighted by Crippen LogP contribution is -2.26. The Bertz CT molecular complexity index is 433. The van der Waals surface area contributed by atoms with Crippen LogP contribution in [0, 0.1) is 12.3 Å². The normalized spacial score (nSPS) is 16.1. The standard InChI is InChI=1S/C15H26BrN3/c1-5-19-13(14(16)11(2)18-19)10-15(3,4)8-9-17-12-6-7-12/h12,17H,5-10H2,1-4H3. The molecule has 1 aromatic heterocycles. The molecule has 3 nitrogen and oxygen atoms in total. The summed E-state index contributed by atoms with van der Waals surface area (Å²) in [5, 5.41) is 8.20. The van der Waals surface area contributed by atoms with E-state index >= 15 is 0 Å². The minimum atomic E-state index is 0.309. The summed E-state index contributed by atoms with van der Waals surface area (Å²) in [6.07, 6.45) is 5.03. The van der Waals surface area contributed by atoms with Gasteiger partial charge in [-0.1, -0.05) is 13.8 Å². The van der Waals surface area contributed by atoms with Gasteiger partial charge in [-0.05, 0) is 67.4 Å². The first kappa shape index (κ1) is 15.0. The van der Waals surface area contributed by atoms with E-state index in [1.165, 1.54) is 29.4 Å². The second-order valence-electron chi connectivity index (χ2n) is 6.48. The molecule has 1 heterocycles. The van der Waals surface area contributed by atoms with Crippen molar-refractivity contribution < 1.29 is 0 Å². The highest BCUT2D eigenvalue weighted by molar-refractivity contribution is 9.10. The summed E-state index contributed by atoms with van der Waals surface area (Å²) in [5.41, 5.74) is 2.75. The molecule has 1 fully saturated rings. The molecule has 0 aliphatic heterocycles. The quantitative estimate of drug-likeness (QED) is 0.827. The molecular weight excluding hydrogens is 302 g/mol. The Kier molecular flexibility index (Phi) is 4.72. The molecule has 0 radical (unpaired) electrons. The Hall–Kier alpha value is -0.350. The van der Waals surface area contributed by atoms with Crippen LogP contribution < -0.4 is 5.32 Å². The van der Waals surface area contributed by atoms with Crippen LogP contribution in [-0.2, 0) is 13.0 Å². The summed E-state index contributed by atoms with van der Waals surface area (Å²) >= 11 is 3.70. The van der Waals surface area contributed by atoms with E-state index in [9.17, 15) is 0 Å². The maximum absolute atomic E-state index is 4.59. The smallest absolute Gasteiger partial charge is 0.0738 e. The van der Waals surface area contributed by atoms with Crippen LogP contribution in [0.2, 0.25) is 0 Å². The number of aryl methyl sites for hydroxylation is 2. The third-order valence-electron chi connectivity index (χ3n) is 3.91. The van der Waals surface area contributed by atoms with Gasteiger partial charge in [-0.15, -0.1) is 0 Å². The van der Waals surface area contributed by atoms with E-state index in [0.29, 0.717) is 5.41 Å². The summed E-state index contributed by atoms with van der Waals surface area (Å²) in [7, 11) is 0. The molecule has 0 spiro atoms. The fraction of sp³-hybridized carbons (Fsp3) is 0.800. The molecule has 108 valence electrons. The van der Waals surface area contributed by atoms with Crippen molar-refractivity contribution >= 4 is 15.9 Å². The predicted molar refractivity (Wildman–Crippen MR) is 83.5 cm³/mol. The van der Waals surface area contributed by atoms with Gasteiger partial charge in [0.05, 0.1) is 15.9 Å². The topological polar surface area (TPSA) is 29.9 Å². The molecule has 2 rings (SSSR count). The Morgan fingerprint density at radius 2 is 2.11 bits per heavy atom. The van der Waals surface area contributed by atoms with E-state index in [1.807, 2.05) is 0 Å². The van der Waals surface area contributed by atoms with Crippen molar-refractivity contribution in [1.29, 1.82) is 0 Å². The Labute approximate surface area is 125 Å². The third kappa shape index (κ3) is 4.06. The zero-order chi connectivity index (χ0) is 14.0. The molecule has 1 N–H and O–H groups in total. The van der Waals surface area contributed by atoms with Crippen molar-refractivity contribution in [3.05, 3.63) is 15.9 Å². The highest BCUT2D eigenvalue weighted by Crippen LogP contribution is 2.31. The highest BCUT2D eigenvalue weighted by atomic mass is 79.9. The van der Waals surface area contributed by atoms with E-state index in [2.05, 4.69) is 58.7 Å². The molecule has 0 saturated heterocycles. The fourth-order valence-electron chi connectivity index (χ4n) is 2.48. The summed E-state index contributed by atoms with van der Waals surface area (Å²) in [4.78, 5) is 0. The van der Waals surface area contributed by atoms with Gasteiger partial charge >= 0.3 is 0 Å². The summed E-state index contributed by atoms with van der Waals surface area (Å²) in [6, 6.07) is 0.811. The minimum Gasteiger partial charge on any atom is -0.314 e. The van der Waals surface area contributed by atoms with Crippen molar-refractivity contribution in [2.24, 2.45) is 5.41 Å². The van der Waals surface area contributed by atoms with Gasteiger partial charge in [-0.25, -0.2) is 0 Å². The van der Waals surface area contributed by atoms with E-state index in [-0.39, 0.29) is 0 Å². The maximum Gasteiger partial charge on any atom is 0.0738 e. The van der Waals surface area contributed by atoms with Crippen molar-refractivity contribution in [2.75, 3.05) is 6.54 Å². The zero-order valence-electron chi connectivity index (χ0n) is 12.6. The molecule has 19 heavy (non-hydrogen) atoms. The van der Waals surface area contributed by atoms with Gasteiger partial charge in [-0.2, -0.15) is 5.10 Å². The number of hydrogen-bond acceptors (Lipinski definition) is 2. The number of hydrogen-bond donors (Lipinski definition) is 1. The summed E-state index contributed by atoms with van der Waals surface area (Å²) < 4.78 is 3.33. The molecule has 1 aliphatic rings. The Morgan fingerprint density at radius 1 is 1.42 bits per heavy atom. The van der Waals surface area contributed by atoms with Crippen LogP contribution in [0.1, 0.15) is 51.4 Å². The molecule has 1 aromatic rings. The average Bonchev–Trinajstić information content (AvgIpc) is 3.12. The third-order valence-corrected chi connectivity index (χ3v) is 4.94. The Morgan fingerprint density at radius 3 is 2.68 bits per heavy atom. The second kappa shape index (κ2) is 5.96. The molecule has 1 aliphatic carbocycles. The van der Waals surface area contributed by atoms with Crippen LogP contribution in [-0.4, -0.2) is 22.4 Å². The monoisotopic (exact) mass is 327 g/mol. The molecule has 0 bridgehead atoms. The van der Waals surface area contributed by atoms with Gasteiger partial charge in [0, 0.05) is 12.6 Å². The van der Waals surface area contributed by atoms with Gasteiger partial charge in [0.25, 0.3) is 0 Å². The van der Waals surface area contributed by atoms with Crippen molar-refractivity contribution in [2.45, 2.75) is 66.0 Å². The first-order valence-electron chi connectivity index (χ1n) is 7.38. The molecular formula is C15H26BrN3. The number of rotatable bonds is 7. The van der Waals surface area contributed by atoms with Crippen molar-refractivity contribution in [3.63, 3.8) is 0 Å². The molecule has 0 atom stereocenters. The van der Waals surface area contributed by atoms with E-state index in [0.717, 1.165) is 31.2 Å². The first-order valence-corrected chi connectivity index (χ1v) is 8.17. The molecule has 0 amide bonds. The average molecular weight is 328 g/mol. The summed E-state index contributed by atoms with van der Waals surface area (Å²) in [6.45, 7) is 11.0. The maximum atomic E-state index is 4.59. The van der Waals surface area contributed by atoms with Gasteiger partial charge in [0.2, 0.25) is 0 Å². The van der Waals surface area contributed by atoms with Crippen LogP contribution >= 0.6 is 15.9 Å². The lowest BCUT2D eigenvalue weighted by Gasteiger charge is -2.25. The largest absolute Gasteiger partial charge is 0.314 e. The van der Waals surface area contributed by atoms with Crippen LogP contribution in [0.15, 0.2) is 4.47 Å². The van der Waals surface area contributed by atoms with E-state index in [4.69, 9.17) is 0 Å². The first-order chi connectivity index (χ1) is 8.93. The lowest BCUT2D eigenvalue weighted by molar-refractivity contribution is 0.315. The number of nitrogens with zero attached hydrogens (tertiary/aromatic N) is 2. The molecule has 4 heteroatoms. The van der Waals surface area contributed by atoms with Crippen LogP contribution in [0.4, 0.5) is 0 Å². The highest BCUT2D eigenvalue weighted by Gasteiger charge is 2.25. The van der Waals surface area contributed by atoms with Crippen LogP contribution in [0.3, 0.4) is 0 Å². The lowest BCUT2D eigenvalue weighted by atomic mass is 9.84. The number of nitrogens with one attached hydrogen (secondary N) is 1. The van der Waals surface area contributed by atoms with Gasteiger partial charge < -0.3 is 5.32 Å². The summed E-state index contributed by atoms with van der Waals surface area (Å²) in [5.74, 6) is 0. The van der Waals surface area contributed by atoms with E-state index < -0.39 is 0 Å². The molecule has 0 unspecified atom stereocenters. The zero-order valence-corrected chi connectivity index (χ0v) is 14.2. The van der Waals surface area contributed by atoms with E-state index in [1.54, 1.807) is 0 Å². The SMILES string of the molecule is CCn1nc(C)c(Br)c1CC(C)(C)CCNC1CC1. The van der Waals surface area contributed by atoms with Gasteiger partial charge in [0.1, 0.15) is 0 Å². The van der Waals surface area contributed by atoms with Crippen molar-refractivity contribution in [1.82, 2.24) is 15.1 Å². The predicted octanol–water partition coefficient (Wildman–Crippen LogP) is 3.68. The van der Waals surface area contributed by atoms with Crippen LogP contribution in [0.25, 0.3) is 0 Å². The van der Waals surface area contributed by atoms with Gasteiger partial charge in [0.15, 0.2) is 0 Å². The molecule has 0 aromatic carbocycles. The second-order valence-corrected chi connectivity index (χ2v) is 7.27. The van der Waals surface area contributed by atoms with Gasteiger partial charge in [-0.3, -0.25) is 4.68 Å². The fourth-order valence-corrected chi connectivity index (χ4v) is 2.91.